The Bertz CT molecular complexity index is 1840. The molecule has 3 atom stereocenters. The number of likely N-dealkylation sites (tertiary alicyclic amines) is 1. The molecule has 1 aromatic heterocycles. The molecule has 1 amide bonds. The van der Waals surface area contributed by atoms with Crippen molar-refractivity contribution in [1.29, 1.82) is 0 Å². The van der Waals surface area contributed by atoms with Gasteiger partial charge in [-0.1, -0.05) is 6.58 Å². The number of piperazine rings is 1. The molecule has 4 aliphatic heterocycles. The average molecular weight is 672 g/mol. The van der Waals surface area contributed by atoms with E-state index in [9.17, 15) is 27.2 Å². The van der Waals surface area contributed by atoms with E-state index in [1.165, 1.54) is 10.6 Å². The highest BCUT2D eigenvalue weighted by molar-refractivity contribution is 5.98. The Balaban J connectivity index is 1.41. The third-order valence-electron chi connectivity index (χ3n) is 10.8. The summed E-state index contributed by atoms with van der Waals surface area (Å²) in [5.41, 5.74) is -1.75. The third-order valence-corrected chi connectivity index (χ3v) is 10.8. The fourth-order valence-corrected chi connectivity index (χ4v) is 8.15. The van der Waals surface area contributed by atoms with Crippen LogP contribution in [0.5, 0.6) is 0 Å². The highest BCUT2D eigenvalue weighted by Crippen LogP contribution is 2.47. The molecule has 0 saturated carbocycles. The topological polar surface area (TPSA) is 70.9 Å². The first-order valence-corrected chi connectivity index (χ1v) is 16.4. The molecule has 5 heterocycles. The van der Waals surface area contributed by atoms with Crippen LogP contribution in [0.3, 0.4) is 0 Å². The number of halogens is 5. The van der Waals surface area contributed by atoms with Gasteiger partial charge in [0.25, 0.3) is 0 Å². The van der Waals surface area contributed by atoms with Crippen molar-refractivity contribution in [3.05, 3.63) is 70.2 Å². The molecule has 256 valence electrons. The second kappa shape index (κ2) is 11.9. The Morgan fingerprint density at radius 2 is 1.83 bits per heavy atom. The van der Waals surface area contributed by atoms with Gasteiger partial charge in [0.1, 0.15) is 17.5 Å². The molecule has 3 aromatic rings. The number of benzene rings is 2. The highest BCUT2D eigenvalue weighted by atomic mass is 19.4. The van der Waals surface area contributed by atoms with E-state index < -0.39 is 35.1 Å². The van der Waals surface area contributed by atoms with Crippen molar-refractivity contribution in [3.63, 3.8) is 0 Å². The van der Waals surface area contributed by atoms with Crippen LogP contribution in [0.2, 0.25) is 0 Å². The Labute approximate surface area is 274 Å². The molecule has 0 N–H and O–H groups in total. The molecule has 2 aromatic carbocycles. The Morgan fingerprint density at radius 3 is 2.46 bits per heavy atom. The lowest BCUT2D eigenvalue weighted by Crippen LogP contribution is -2.58. The van der Waals surface area contributed by atoms with Gasteiger partial charge >= 0.3 is 11.9 Å². The van der Waals surface area contributed by atoms with Crippen LogP contribution in [0.1, 0.15) is 50.3 Å². The number of alkyl halides is 3. The van der Waals surface area contributed by atoms with Crippen LogP contribution in [0.15, 0.2) is 41.7 Å². The van der Waals surface area contributed by atoms with Gasteiger partial charge in [-0.15, -0.1) is 0 Å². The second-order valence-corrected chi connectivity index (χ2v) is 13.9. The van der Waals surface area contributed by atoms with E-state index in [1.54, 1.807) is 9.80 Å². The fourth-order valence-electron chi connectivity index (χ4n) is 8.15. The first kappa shape index (κ1) is 32.7. The van der Waals surface area contributed by atoms with Gasteiger partial charge in [0.2, 0.25) is 5.91 Å². The molecule has 8 nitrogen and oxygen atoms in total. The fraction of sp³-hybridized carbons (Fsp3) is 0.514. The highest BCUT2D eigenvalue weighted by Gasteiger charge is 2.43. The molecule has 4 aliphatic rings. The maximum Gasteiger partial charge on any atom is 0.417 e. The molecule has 0 aliphatic carbocycles. The van der Waals surface area contributed by atoms with Gasteiger partial charge < -0.3 is 19.4 Å². The van der Waals surface area contributed by atoms with Crippen LogP contribution in [0.25, 0.3) is 22.0 Å². The summed E-state index contributed by atoms with van der Waals surface area (Å²) in [7, 11) is 0. The van der Waals surface area contributed by atoms with Crippen molar-refractivity contribution >= 4 is 22.6 Å². The summed E-state index contributed by atoms with van der Waals surface area (Å²) in [6.45, 7) is 11.4. The lowest BCUT2D eigenvalue weighted by atomic mass is 9.76. The second-order valence-electron chi connectivity index (χ2n) is 13.9. The van der Waals surface area contributed by atoms with Crippen LogP contribution in [-0.4, -0.2) is 83.3 Å². The van der Waals surface area contributed by atoms with Crippen molar-refractivity contribution in [2.24, 2.45) is 5.41 Å². The summed E-state index contributed by atoms with van der Waals surface area (Å²) < 4.78 is 81.3. The van der Waals surface area contributed by atoms with Crippen molar-refractivity contribution < 1.29 is 31.5 Å². The minimum atomic E-state index is -4.90. The number of aromatic nitrogens is 2. The largest absolute Gasteiger partial charge is 0.417 e. The van der Waals surface area contributed by atoms with Crippen LogP contribution < -0.4 is 10.6 Å². The SMILES string of the molecule is C=CC(=O)N1C[C@H](C)N(c2nc(=O)n3c4c(c(-c5ccc(F)cc5F)c(C(F)(F)F)cc24)CC[C@@H]3CN2CCC3(CC2)COC3)C[C@H]1C. The summed E-state index contributed by atoms with van der Waals surface area (Å²) in [5, 5.41) is 0.139. The number of rotatable bonds is 5. The molecule has 0 radical (unpaired) electrons. The van der Waals surface area contributed by atoms with Crippen molar-refractivity contribution in [3.8, 4) is 11.1 Å². The number of carbonyl (C=O) groups is 1. The number of carbonyl (C=O) groups excluding carboxylic acids is 1. The third kappa shape index (κ3) is 5.48. The molecule has 1 spiro atoms. The standard InChI is InChI=1S/C35H38F5N5O3/c1-4-29(46)43-15-21(3)44(16-20(43)2)32-26-14-27(35(38,39)40)30(24-7-5-22(36)13-28(24)37)25-8-6-23(45(31(25)26)33(47)41-32)17-42-11-9-34(10-12-42)18-48-19-34/h4-5,7,13-14,20-21,23H,1,6,8-12,15-19H2,2-3H3/t20-,21+,23-/m1/s1. The van der Waals surface area contributed by atoms with Gasteiger partial charge in [-0.3, -0.25) is 9.36 Å². The van der Waals surface area contributed by atoms with Crippen LogP contribution in [-0.2, 0) is 22.1 Å². The van der Waals surface area contributed by atoms with Crippen molar-refractivity contribution in [1.82, 2.24) is 19.4 Å². The predicted octanol–water partition coefficient (Wildman–Crippen LogP) is 5.57. The Hall–Kier alpha value is -3.84. The predicted molar refractivity (Wildman–Crippen MR) is 171 cm³/mol. The maximum absolute atomic E-state index is 15.3. The summed E-state index contributed by atoms with van der Waals surface area (Å²) in [6.07, 6.45) is -1.24. The monoisotopic (exact) mass is 671 g/mol. The molecule has 48 heavy (non-hydrogen) atoms. The zero-order valence-electron chi connectivity index (χ0n) is 27.0. The zero-order valence-corrected chi connectivity index (χ0v) is 27.0. The first-order chi connectivity index (χ1) is 22.8. The number of hydrogen-bond acceptors (Lipinski definition) is 6. The number of amides is 1. The minimum Gasteiger partial charge on any atom is -0.380 e. The number of ether oxygens (including phenoxy) is 1. The first-order valence-electron chi connectivity index (χ1n) is 16.4. The van der Waals surface area contributed by atoms with Gasteiger partial charge in [-0.25, -0.2) is 13.6 Å². The normalized spacial score (nSPS) is 24.2. The van der Waals surface area contributed by atoms with E-state index >= 15 is 4.39 Å². The summed E-state index contributed by atoms with van der Waals surface area (Å²) in [5.74, 6) is -2.19. The summed E-state index contributed by atoms with van der Waals surface area (Å²) >= 11 is 0. The summed E-state index contributed by atoms with van der Waals surface area (Å²) in [4.78, 5) is 36.9. The van der Waals surface area contributed by atoms with Crippen molar-refractivity contribution in [2.45, 2.75) is 63.8 Å². The van der Waals surface area contributed by atoms with Gasteiger partial charge in [0.15, 0.2) is 0 Å². The maximum atomic E-state index is 15.3. The van der Waals surface area contributed by atoms with E-state index in [0.29, 0.717) is 24.5 Å². The number of piperidine rings is 1. The number of hydrogen-bond donors (Lipinski definition) is 0. The Kier molecular flexibility index (Phi) is 8.13. The summed E-state index contributed by atoms with van der Waals surface area (Å²) in [6, 6.07) is 2.41. The van der Waals surface area contributed by atoms with E-state index in [1.807, 2.05) is 13.8 Å². The molecule has 0 bridgehead atoms. The zero-order chi connectivity index (χ0) is 34.1. The van der Waals surface area contributed by atoms with Gasteiger partial charge in [-0.2, -0.15) is 18.2 Å². The molecule has 3 saturated heterocycles. The minimum absolute atomic E-state index is 0.0970. The molecule has 13 heteroatoms. The van der Waals surface area contributed by atoms with Gasteiger partial charge in [0, 0.05) is 59.7 Å². The number of aryl methyl sites for hydroxylation is 1. The average Bonchev–Trinajstić information content (AvgIpc) is 3.02. The molecular weight excluding hydrogens is 633 g/mol. The molecule has 7 rings (SSSR count). The van der Waals surface area contributed by atoms with E-state index in [0.717, 1.165) is 57.3 Å². The van der Waals surface area contributed by atoms with Gasteiger partial charge in [0.05, 0.1) is 30.3 Å². The molecule has 0 unspecified atom stereocenters. The lowest BCUT2D eigenvalue weighted by Gasteiger charge is -2.48. The van der Waals surface area contributed by atoms with E-state index in [-0.39, 0.29) is 70.8 Å². The van der Waals surface area contributed by atoms with Crippen molar-refractivity contribution in [2.75, 3.05) is 50.8 Å². The van der Waals surface area contributed by atoms with Gasteiger partial charge in [-0.05, 0) is 82.5 Å². The Morgan fingerprint density at radius 1 is 1.10 bits per heavy atom. The molecular formula is C35H38F5N5O3. The van der Waals surface area contributed by atoms with Crippen LogP contribution >= 0.6 is 0 Å². The van der Waals surface area contributed by atoms with Crippen LogP contribution in [0.4, 0.5) is 27.8 Å². The van der Waals surface area contributed by atoms with E-state index in [2.05, 4.69) is 16.5 Å². The molecule has 3 fully saturated rings. The van der Waals surface area contributed by atoms with E-state index in [4.69, 9.17) is 4.74 Å². The number of nitrogens with zero attached hydrogens (tertiary/aromatic N) is 5. The smallest absolute Gasteiger partial charge is 0.380 e. The lowest BCUT2D eigenvalue weighted by molar-refractivity contribution is -0.140. The number of anilines is 1. The van der Waals surface area contributed by atoms with Crippen LogP contribution in [0, 0.1) is 17.0 Å². The quantitative estimate of drug-likeness (QED) is 0.261.